The predicted octanol–water partition coefficient (Wildman–Crippen LogP) is 0.254. The van der Waals surface area contributed by atoms with Gasteiger partial charge in [-0.05, 0) is 30.2 Å². The Morgan fingerprint density at radius 3 is 2.69 bits per heavy atom. The van der Waals surface area contributed by atoms with E-state index >= 15 is 0 Å². The Balaban J connectivity index is 1.92. The van der Waals surface area contributed by atoms with Crippen molar-refractivity contribution >= 4 is 29.9 Å². The van der Waals surface area contributed by atoms with Gasteiger partial charge >= 0.3 is 12.0 Å². The molecule has 0 aliphatic carbocycles. The van der Waals surface area contributed by atoms with Crippen molar-refractivity contribution < 1.29 is 14.2 Å². The summed E-state index contributed by atoms with van der Waals surface area (Å²) in [6.45, 7) is 6.18. The van der Waals surface area contributed by atoms with Gasteiger partial charge in [-0.15, -0.1) is 5.10 Å². The van der Waals surface area contributed by atoms with Crippen LogP contribution < -0.4 is 5.43 Å². The normalized spacial score (nSPS) is 20.0. The smallest absolute Gasteiger partial charge is 0.270 e. The van der Waals surface area contributed by atoms with Crippen molar-refractivity contribution in [1.29, 1.82) is 0 Å². The van der Waals surface area contributed by atoms with Crippen LogP contribution in [0.3, 0.4) is 0 Å². The van der Waals surface area contributed by atoms with Gasteiger partial charge in [0.25, 0.3) is 5.91 Å². The van der Waals surface area contributed by atoms with Crippen LogP contribution in [0, 0.1) is 0 Å². The lowest BCUT2D eigenvalue weighted by atomic mass is 10.1. The molecular formula is C17H20N7O2+. The van der Waals surface area contributed by atoms with E-state index in [-0.39, 0.29) is 5.91 Å². The highest BCUT2D eigenvalue weighted by Gasteiger charge is 2.51. The van der Waals surface area contributed by atoms with Crippen LogP contribution in [0.2, 0.25) is 0 Å². The summed E-state index contributed by atoms with van der Waals surface area (Å²) in [5.74, 6) is 0.436. The number of aromatic nitrogens is 1. The number of likely N-dealkylation sites (N-methyl/N-ethyl adjacent to an activating group) is 2. The fourth-order valence-corrected chi connectivity index (χ4v) is 2.76. The number of fused-ring (bicyclic) bond motifs is 1. The minimum Gasteiger partial charge on any atom is -0.270 e. The molecule has 1 aromatic heterocycles. The van der Waals surface area contributed by atoms with E-state index in [9.17, 15) is 9.59 Å². The third kappa shape index (κ3) is 3.10. The summed E-state index contributed by atoms with van der Waals surface area (Å²) in [6.07, 6.45) is 4.96. The minimum absolute atomic E-state index is 0.331. The number of carbonyl (C=O) groups excluding carboxylic acids is 2. The number of urea groups is 1. The summed E-state index contributed by atoms with van der Waals surface area (Å²) in [5, 5.41) is 4.18. The standard InChI is InChI=1S/C17H19N7O2/c1-11(2)10-24-13-14(22(3)17(26)23(4)15(13)25)20-16(24)21-19-9-12-5-7-18-8-6-12/h5-9,13H,1,10H2,2-4H3/p+1/b19-9+. The van der Waals surface area contributed by atoms with Gasteiger partial charge < -0.3 is 0 Å². The van der Waals surface area contributed by atoms with E-state index in [4.69, 9.17) is 0 Å². The van der Waals surface area contributed by atoms with Crippen LogP contribution in [0.5, 0.6) is 0 Å². The first-order chi connectivity index (χ1) is 12.4. The molecule has 26 heavy (non-hydrogen) atoms. The highest BCUT2D eigenvalue weighted by Crippen LogP contribution is 2.18. The molecule has 3 amide bonds. The molecule has 2 aliphatic rings. The van der Waals surface area contributed by atoms with Crippen molar-refractivity contribution in [3.8, 4) is 0 Å². The van der Waals surface area contributed by atoms with Gasteiger partial charge in [0.15, 0.2) is 0 Å². The van der Waals surface area contributed by atoms with Gasteiger partial charge in [-0.1, -0.05) is 11.6 Å². The number of nitrogens with zero attached hydrogens (tertiary/aromatic N) is 6. The van der Waals surface area contributed by atoms with Crippen molar-refractivity contribution in [1.82, 2.24) is 20.2 Å². The molecule has 1 fully saturated rings. The Morgan fingerprint density at radius 2 is 2.04 bits per heavy atom. The number of guanidine groups is 1. The van der Waals surface area contributed by atoms with Crippen molar-refractivity contribution in [3.05, 3.63) is 42.2 Å². The van der Waals surface area contributed by atoms with Crippen LogP contribution in [-0.4, -0.2) is 76.0 Å². The number of aliphatic imine (C=N–C) groups is 1. The van der Waals surface area contributed by atoms with E-state index in [0.717, 1.165) is 16.0 Å². The van der Waals surface area contributed by atoms with Crippen LogP contribution in [-0.2, 0) is 4.79 Å². The fraction of sp³-hybridized carbons (Fsp3) is 0.294. The summed E-state index contributed by atoms with van der Waals surface area (Å²) in [7, 11) is 3.06. The highest BCUT2D eigenvalue weighted by molar-refractivity contribution is 6.22. The molecule has 0 aromatic carbocycles. The Kier molecular flexibility index (Phi) is 4.61. The molecule has 1 N–H and O–H groups in total. The number of pyridine rings is 1. The molecule has 9 heteroatoms. The van der Waals surface area contributed by atoms with E-state index in [1.165, 1.54) is 11.9 Å². The van der Waals surface area contributed by atoms with Gasteiger partial charge in [-0.25, -0.2) is 9.37 Å². The molecule has 2 aliphatic heterocycles. The van der Waals surface area contributed by atoms with Crippen molar-refractivity contribution in [2.45, 2.75) is 13.0 Å². The summed E-state index contributed by atoms with van der Waals surface area (Å²) < 4.78 is 1.75. The molecule has 9 nitrogen and oxygen atoms in total. The quantitative estimate of drug-likeness (QED) is 0.363. The Bertz CT molecular complexity index is 857. The van der Waals surface area contributed by atoms with Crippen LogP contribution in [0.15, 0.2) is 46.8 Å². The summed E-state index contributed by atoms with van der Waals surface area (Å²) >= 11 is 0. The average Bonchev–Trinajstić information content (AvgIpc) is 2.97. The molecule has 1 unspecified atom stereocenters. The molecule has 0 saturated carbocycles. The molecule has 3 rings (SSSR count). The number of hydrazone groups is 1. The number of amidine groups is 1. The fourth-order valence-electron chi connectivity index (χ4n) is 2.76. The molecule has 0 bridgehead atoms. The zero-order valence-corrected chi connectivity index (χ0v) is 14.9. The summed E-state index contributed by atoms with van der Waals surface area (Å²) in [5.41, 5.74) is 4.59. The molecule has 3 heterocycles. The number of hydrogen-bond acceptors (Lipinski definition) is 6. The monoisotopic (exact) mass is 354 g/mol. The molecule has 134 valence electrons. The van der Waals surface area contributed by atoms with Crippen LogP contribution in [0.4, 0.5) is 4.79 Å². The SMILES string of the molecule is C=C(C)C[N+]1=C(N/N=C/c2ccncc2)N=C2C1C(=O)N(C)C(=O)N2C. The van der Waals surface area contributed by atoms with E-state index in [1.807, 2.05) is 19.1 Å². The lowest BCUT2D eigenvalue weighted by Gasteiger charge is -2.31. The van der Waals surface area contributed by atoms with Crippen LogP contribution in [0.25, 0.3) is 0 Å². The third-order valence-electron chi connectivity index (χ3n) is 4.06. The molecule has 0 radical (unpaired) electrons. The topological polar surface area (TPSA) is 93.3 Å². The lowest BCUT2D eigenvalue weighted by molar-refractivity contribution is -0.529. The van der Waals surface area contributed by atoms with E-state index in [2.05, 4.69) is 27.1 Å². The first-order valence-electron chi connectivity index (χ1n) is 8.01. The van der Waals surface area contributed by atoms with E-state index in [0.29, 0.717) is 18.3 Å². The van der Waals surface area contributed by atoms with Gasteiger partial charge in [0.05, 0.1) is 12.8 Å². The maximum atomic E-state index is 12.6. The van der Waals surface area contributed by atoms with Crippen molar-refractivity contribution in [2.24, 2.45) is 10.1 Å². The molecular weight excluding hydrogens is 334 g/mol. The Morgan fingerprint density at radius 1 is 1.35 bits per heavy atom. The van der Waals surface area contributed by atoms with Gasteiger partial charge in [-0.3, -0.25) is 19.6 Å². The Labute approximate surface area is 151 Å². The number of hydrogen-bond donors (Lipinski definition) is 1. The number of nitrogens with one attached hydrogen (secondary N) is 1. The second-order valence-corrected chi connectivity index (χ2v) is 6.17. The maximum Gasteiger partial charge on any atom is 0.414 e. The maximum absolute atomic E-state index is 12.6. The van der Waals surface area contributed by atoms with Gasteiger partial charge in [-0.2, -0.15) is 5.43 Å². The zero-order valence-electron chi connectivity index (χ0n) is 14.9. The minimum atomic E-state index is -0.682. The van der Waals surface area contributed by atoms with Gasteiger partial charge in [0.2, 0.25) is 11.9 Å². The van der Waals surface area contributed by atoms with Crippen molar-refractivity contribution in [2.75, 3.05) is 20.6 Å². The van der Waals surface area contributed by atoms with E-state index < -0.39 is 12.1 Å². The predicted molar refractivity (Wildman–Crippen MR) is 97.1 cm³/mol. The highest BCUT2D eigenvalue weighted by atomic mass is 16.2. The average molecular weight is 354 g/mol. The lowest BCUT2D eigenvalue weighted by Crippen LogP contribution is -2.61. The second-order valence-electron chi connectivity index (χ2n) is 6.17. The molecule has 1 atom stereocenters. The third-order valence-corrected chi connectivity index (χ3v) is 4.06. The number of amides is 3. The molecule has 0 spiro atoms. The van der Waals surface area contributed by atoms with Gasteiger partial charge in [0, 0.05) is 26.5 Å². The molecule has 1 saturated heterocycles. The van der Waals surface area contributed by atoms with Crippen molar-refractivity contribution in [3.63, 3.8) is 0 Å². The van der Waals surface area contributed by atoms with Crippen LogP contribution >= 0.6 is 0 Å². The first-order valence-corrected chi connectivity index (χ1v) is 8.01. The number of imide groups is 1. The largest absolute Gasteiger partial charge is 0.414 e. The zero-order chi connectivity index (χ0) is 18.8. The van der Waals surface area contributed by atoms with E-state index in [1.54, 1.807) is 30.2 Å². The second kappa shape index (κ2) is 6.87. The van der Waals surface area contributed by atoms with Crippen LogP contribution in [0.1, 0.15) is 12.5 Å². The number of carbonyl (C=O) groups is 2. The first kappa shape index (κ1) is 17.5. The summed E-state index contributed by atoms with van der Waals surface area (Å²) in [4.78, 5) is 35.6. The Hall–Kier alpha value is -3.36. The van der Waals surface area contributed by atoms with Gasteiger partial charge in [0.1, 0.15) is 0 Å². The molecule has 1 aromatic rings. The summed E-state index contributed by atoms with van der Waals surface area (Å²) in [6, 6.07) is 2.53. The number of rotatable bonds is 4.